The zero-order valence-electron chi connectivity index (χ0n) is 13.7. The smallest absolute Gasteiger partial charge is 0.219 e. The first-order chi connectivity index (χ1) is 11.1. The van der Waals surface area contributed by atoms with Gasteiger partial charge in [-0.05, 0) is 24.9 Å². The lowest BCUT2D eigenvalue weighted by atomic mass is 9.60. The minimum atomic E-state index is 0.122. The fourth-order valence-electron chi connectivity index (χ4n) is 2.46. The van der Waals surface area contributed by atoms with E-state index in [-0.39, 0.29) is 18.4 Å². The molecule has 0 saturated heterocycles. The van der Waals surface area contributed by atoms with Gasteiger partial charge in [0, 0.05) is 17.9 Å². The molecule has 0 aliphatic carbocycles. The molecule has 0 spiro atoms. The van der Waals surface area contributed by atoms with Crippen molar-refractivity contribution in [1.82, 2.24) is 15.0 Å². The number of ether oxygens (including phenoxy) is 1. The summed E-state index contributed by atoms with van der Waals surface area (Å²) in [5.41, 5.74) is 8.22. The maximum absolute atomic E-state index is 9.49. The monoisotopic (exact) mass is 314 g/mol. The van der Waals surface area contributed by atoms with Crippen LogP contribution in [-0.2, 0) is 6.61 Å². The number of aromatic nitrogens is 3. The third kappa shape index (κ3) is 5.21. The highest BCUT2D eigenvalue weighted by molar-refractivity contribution is 6.55. The zero-order valence-corrected chi connectivity index (χ0v) is 13.7. The van der Waals surface area contributed by atoms with Crippen molar-refractivity contribution in [2.45, 2.75) is 39.1 Å². The van der Waals surface area contributed by atoms with Crippen LogP contribution in [-0.4, -0.2) is 33.9 Å². The first kappa shape index (κ1) is 17.2. The average Bonchev–Trinajstić information content (AvgIpc) is 2.53. The Kier molecular flexibility index (Phi) is 6.34. The van der Waals surface area contributed by atoms with Gasteiger partial charge in [-0.3, -0.25) is 4.98 Å². The summed E-state index contributed by atoms with van der Waals surface area (Å²) in [5.74, 6) is 0.958. The summed E-state index contributed by atoms with van der Waals surface area (Å²) in [6, 6.07) is 5.81. The average molecular weight is 314 g/mol. The van der Waals surface area contributed by atoms with E-state index in [1.807, 2.05) is 25.1 Å². The lowest BCUT2D eigenvalue weighted by Crippen LogP contribution is -2.28. The van der Waals surface area contributed by atoms with Crippen molar-refractivity contribution < 1.29 is 9.84 Å². The third-order valence-corrected chi connectivity index (χ3v) is 3.61. The number of rotatable bonds is 8. The second kappa shape index (κ2) is 8.48. The van der Waals surface area contributed by atoms with E-state index in [1.165, 1.54) is 0 Å². The summed E-state index contributed by atoms with van der Waals surface area (Å²) in [5, 5.41) is 9.49. The molecular formula is C16H23BN4O2. The maximum atomic E-state index is 9.49. The molecule has 0 amide bonds. The molecule has 1 atom stereocenters. The van der Waals surface area contributed by atoms with Crippen LogP contribution < -0.4 is 16.1 Å². The molecule has 0 saturated carbocycles. The molecule has 2 aromatic heterocycles. The molecule has 0 aromatic carbocycles. The first-order valence-electron chi connectivity index (χ1n) is 7.90. The Balaban J connectivity index is 2.11. The Labute approximate surface area is 137 Å². The van der Waals surface area contributed by atoms with Crippen molar-refractivity contribution in [3.63, 3.8) is 0 Å². The topological polar surface area (TPSA) is 94.2 Å². The molecular weight excluding hydrogens is 291 g/mol. The van der Waals surface area contributed by atoms with E-state index < -0.39 is 0 Å². The van der Waals surface area contributed by atoms with E-state index in [0.29, 0.717) is 19.6 Å². The van der Waals surface area contributed by atoms with Gasteiger partial charge in [0.05, 0.1) is 11.9 Å². The molecule has 3 N–H and O–H groups in total. The van der Waals surface area contributed by atoms with Crippen molar-refractivity contribution in [2.24, 2.45) is 0 Å². The van der Waals surface area contributed by atoms with Crippen LogP contribution in [0.4, 0.5) is 5.95 Å². The Morgan fingerprint density at radius 1 is 1.35 bits per heavy atom. The van der Waals surface area contributed by atoms with E-state index in [9.17, 15) is 5.11 Å². The van der Waals surface area contributed by atoms with Crippen LogP contribution in [0.2, 0.25) is 5.82 Å². The predicted octanol–water partition coefficient (Wildman–Crippen LogP) is 0.984. The van der Waals surface area contributed by atoms with Crippen molar-refractivity contribution in [1.29, 1.82) is 0 Å². The fourth-order valence-corrected chi connectivity index (χ4v) is 2.46. The number of anilines is 1. The Bertz CT molecular complexity index is 639. The van der Waals surface area contributed by atoms with Crippen LogP contribution >= 0.6 is 0 Å². The number of aryl methyl sites for hydroxylation is 1. The van der Waals surface area contributed by atoms with Gasteiger partial charge in [0.1, 0.15) is 12.4 Å². The molecule has 0 aliphatic heterocycles. The van der Waals surface area contributed by atoms with Crippen LogP contribution in [0.25, 0.3) is 0 Å². The number of nitrogens with two attached hydrogens (primary N) is 1. The Morgan fingerprint density at radius 2 is 2.17 bits per heavy atom. The van der Waals surface area contributed by atoms with Crippen LogP contribution in [0.5, 0.6) is 5.75 Å². The van der Waals surface area contributed by atoms with Crippen LogP contribution in [0.1, 0.15) is 31.2 Å². The summed E-state index contributed by atoms with van der Waals surface area (Å²) < 4.78 is 5.83. The highest BCUT2D eigenvalue weighted by Gasteiger charge is 2.16. The summed E-state index contributed by atoms with van der Waals surface area (Å²) in [6.45, 7) is 4.51. The summed E-state index contributed by atoms with van der Waals surface area (Å²) in [6.07, 6.45) is 3.53. The molecule has 0 radical (unpaired) electrons. The van der Waals surface area contributed by atoms with Gasteiger partial charge >= 0.3 is 0 Å². The molecule has 6 nitrogen and oxygen atoms in total. The van der Waals surface area contributed by atoms with Gasteiger partial charge in [0.25, 0.3) is 0 Å². The largest absolute Gasteiger partial charge is 0.485 e. The van der Waals surface area contributed by atoms with Crippen molar-refractivity contribution in [3.05, 3.63) is 35.8 Å². The van der Waals surface area contributed by atoms with E-state index in [0.717, 1.165) is 29.8 Å². The van der Waals surface area contributed by atoms with Crippen LogP contribution in [0, 0.1) is 6.92 Å². The van der Waals surface area contributed by atoms with Crippen molar-refractivity contribution >= 4 is 18.8 Å². The number of nitrogens with zero attached hydrogens (tertiary/aromatic N) is 3. The van der Waals surface area contributed by atoms with Gasteiger partial charge in [0.15, 0.2) is 7.28 Å². The van der Waals surface area contributed by atoms with Crippen molar-refractivity contribution in [2.75, 3.05) is 12.3 Å². The van der Waals surface area contributed by atoms with Crippen LogP contribution in [0.15, 0.2) is 24.4 Å². The molecule has 23 heavy (non-hydrogen) atoms. The maximum Gasteiger partial charge on any atom is 0.219 e. The number of hydrogen-bond acceptors (Lipinski definition) is 6. The first-order valence-corrected chi connectivity index (χ1v) is 7.90. The van der Waals surface area contributed by atoms with E-state index in [4.69, 9.17) is 10.5 Å². The second-order valence-electron chi connectivity index (χ2n) is 5.64. The molecule has 2 heterocycles. The zero-order chi connectivity index (χ0) is 16.7. The normalized spacial score (nSPS) is 12.0. The highest BCUT2D eigenvalue weighted by atomic mass is 16.5. The van der Waals surface area contributed by atoms with Gasteiger partial charge < -0.3 is 15.6 Å². The number of nitrogen functional groups attached to an aromatic ring is 1. The van der Waals surface area contributed by atoms with Gasteiger partial charge in [-0.1, -0.05) is 25.8 Å². The molecule has 0 bridgehead atoms. The van der Waals surface area contributed by atoms with E-state index >= 15 is 0 Å². The summed E-state index contributed by atoms with van der Waals surface area (Å²) in [7, 11) is 0.619. The lowest BCUT2D eigenvalue weighted by molar-refractivity contribution is 0.283. The predicted molar refractivity (Wildman–Crippen MR) is 92.3 cm³/mol. The minimum absolute atomic E-state index is 0.122. The number of aliphatic hydroxyl groups excluding tert-OH is 1. The summed E-state index contributed by atoms with van der Waals surface area (Å²) in [4.78, 5) is 12.7. The molecule has 7 heteroatoms. The quantitative estimate of drug-likeness (QED) is 0.706. The molecule has 0 aliphatic rings. The number of aliphatic hydroxyl groups is 1. The highest BCUT2D eigenvalue weighted by Crippen LogP contribution is 2.14. The number of hydrogen-bond donors (Lipinski definition) is 2. The SMILES string of the molecule is CCCC(Bc1nc(N)ncc1OCc1cccc(C)n1)CO. The van der Waals surface area contributed by atoms with Crippen molar-refractivity contribution in [3.8, 4) is 5.75 Å². The number of pyridine rings is 1. The van der Waals surface area contributed by atoms with E-state index in [1.54, 1.807) is 6.20 Å². The van der Waals surface area contributed by atoms with Gasteiger partial charge in [-0.25, -0.2) is 9.97 Å². The van der Waals surface area contributed by atoms with Crippen LogP contribution in [0.3, 0.4) is 0 Å². The molecule has 2 rings (SSSR count). The fraction of sp³-hybridized carbons (Fsp3) is 0.438. The second-order valence-corrected chi connectivity index (χ2v) is 5.64. The molecule has 2 aromatic rings. The minimum Gasteiger partial charge on any atom is -0.485 e. The third-order valence-electron chi connectivity index (χ3n) is 3.61. The Hall–Kier alpha value is -2.15. The molecule has 0 fully saturated rings. The molecule has 1 unspecified atom stereocenters. The van der Waals surface area contributed by atoms with Gasteiger partial charge in [0.2, 0.25) is 5.95 Å². The lowest BCUT2D eigenvalue weighted by Gasteiger charge is -2.14. The summed E-state index contributed by atoms with van der Waals surface area (Å²) >= 11 is 0. The molecule has 122 valence electrons. The van der Waals surface area contributed by atoms with E-state index in [2.05, 4.69) is 21.9 Å². The Morgan fingerprint density at radius 3 is 2.87 bits per heavy atom. The van der Waals surface area contributed by atoms with Gasteiger partial charge in [-0.2, -0.15) is 0 Å². The standard InChI is InChI=1S/C16H23BN4O2/c1-3-5-12(9-22)17-15-14(8-19-16(18)21-15)23-10-13-7-4-6-11(2)20-13/h4,6-8,12,17,22H,3,5,9-10H2,1-2H3,(H2,18,19,21). The van der Waals surface area contributed by atoms with Gasteiger partial charge in [-0.15, -0.1) is 0 Å².